The van der Waals surface area contributed by atoms with E-state index in [0.717, 1.165) is 13.1 Å². The summed E-state index contributed by atoms with van der Waals surface area (Å²) in [4.78, 5) is 5.08. The fourth-order valence-corrected chi connectivity index (χ4v) is 2.70. The van der Waals surface area contributed by atoms with Gasteiger partial charge in [0, 0.05) is 24.7 Å². The second-order valence-corrected chi connectivity index (χ2v) is 5.85. The molecule has 1 rings (SSSR count). The Morgan fingerprint density at radius 1 is 1.31 bits per heavy atom. The summed E-state index contributed by atoms with van der Waals surface area (Å²) < 4.78 is 0. The molecule has 1 aliphatic heterocycles. The molecule has 0 amide bonds. The Morgan fingerprint density at radius 2 is 2.00 bits per heavy atom. The molecule has 1 heterocycles. The van der Waals surface area contributed by atoms with Crippen molar-refractivity contribution < 1.29 is 0 Å². The molecule has 1 atom stereocenters. The molecule has 0 aromatic heterocycles. The van der Waals surface area contributed by atoms with Gasteiger partial charge in [-0.25, -0.2) is 0 Å². The van der Waals surface area contributed by atoms with E-state index < -0.39 is 0 Å². The van der Waals surface area contributed by atoms with Gasteiger partial charge in [-0.3, -0.25) is 4.90 Å². The van der Waals surface area contributed by atoms with Crippen LogP contribution in [-0.4, -0.2) is 61.2 Å². The van der Waals surface area contributed by atoms with Gasteiger partial charge >= 0.3 is 0 Å². The lowest BCUT2D eigenvalue weighted by Gasteiger charge is -2.36. The first-order valence-corrected chi connectivity index (χ1v) is 6.62. The number of nitrogens with zero attached hydrogens (tertiary/aromatic N) is 2. The largest absolute Gasteiger partial charge is 0.311 e. The number of rotatable bonds is 4. The van der Waals surface area contributed by atoms with Crippen LogP contribution in [0.5, 0.6) is 0 Å². The van der Waals surface area contributed by atoms with Crippen LogP contribution < -0.4 is 5.32 Å². The molecule has 0 bridgehead atoms. The molecule has 1 saturated heterocycles. The van der Waals surface area contributed by atoms with Crippen LogP contribution in [0.4, 0.5) is 0 Å². The fourth-order valence-electron chi connectivity index (χ4n) is 2.70. The summed E-state index contributed by atoms with van der Waals surface area (Å²) in [7, 11) is 2.23. The summed E-state index contributed by atoms with van der Waals surface area (Å²) in [6, 6.07) is 0.672. The van der Waals surface area contributed by atoms with Crippen molar-refractivity contribution in [2.75, 3.05) is 39.8 Å². The molecule has 0 aliphatic carbocycles. The lowest BCUT2D eigenvalue weighted by molar-refractivity contribution is 0.155. The van der Waals surface area contributed by atoms with Crippen LogP contribution >= 0.6 is 0 Å². The molecule has 1 aliphatic rings. The molecule has 3 heteroatoms. The summed E-state index contributed by atoms with van der Waals surface area (Å²) in [6.45, 7) is 15.0. The van der Waals surface area contributed by atoms with Gasteiger partial charge in [0.05, 0.1) is 0 Å². The zero-order valence-electron chi connectivity index (χ0n) is 11.7. The van der Waals surface area contributed by atoms with Crippen LogP contribution in [-0.2, 0) is 0 Å². The Kier molecular flexibility index (Phi) is 5.22. The highest BCUT2D eigenvalue weighted by Gasteiger charge is 2.25. The van der Waals surface area contributed by atoms with E-state index in [2.05, 4.69) is 49.9 Å². The van der Waals surface area contributed by atoms with Gasteiger partial charge in [-0.15, -0.1) is 0 Å². The summed E-state index contributed by atoms with van der Waals surface area (Å²) in [6.07, 6.45) is 1.29. The molecule has 0 aromatic rings. The predicted octanol–water partition coefficient (Wildman–Crippen LogP) is 1.40. The van der Waals surface area contributed by atoms with E-state index in [4.69, 9.17) is 0 Å². The first-order chi connectivity index (χ1) is 7.44. The predicted molar refractivity (Wildman–Crippen MR) is 70.9 cm³/mol. The van der Waals surface area contributed by atoms with Gasteiger partial charge in [0.1, 0.15) is 0 Å². The van der Waals surface area contributed by atoms with E-state index >= 15 is 0 Å². The molecule has 96 valence electrons. The van der Waals surface area contributed by atoms with Crippen LogP contribution in [0, 0.1) is 0 Å². The Labute approximate surface area is 101 Å². The third-order valence-corrected chi connectivity index (χ3v) is 3.44. The van der Waals surface area contributed by atoms with E-state index in [1.165, 1.54) is 26.1 Å². The van der Waals surface area contributed by atoms with Crippen LogP contribution in [0.2, 0.25) is 0 Å². The summed E-state index contributed by atoms with van der Waals surface area (Å²) in [5.74, 6) is 0. The van der Waals surface area contributed by atoms with E-state index in [1.807, 2.05) is 0 Å². The fraction of sp³-hybridized carbons (Fsp3) is 1.00. The summed E-state index contributed by atoms with van der Waals surface area (Å²) in [5, 5.41) is 3.57. The molecule has 0 saturated carbocycles. The number of hydrogen-bond acceptors (Lipinski definition) is 3. The van der Waals surface area contributed by atoms with Gasteiger partial charge in [-0.2, -0.15) is 0 Å². The molecule has 0 radical (unpaired) electrons. The van der Waals surface area contributed by atoms with Crippen molar-refractivity contribution in [3.8, 4) is 0 Å². The zero-order chi connectivity index (χ0) is 12.2. The Hall–Kier alpha value is -0.120. The number of likely N-dealkylation sites (N-methyl/N-ethyl adjacent to an activating group) is 2. The third kappa shape index (κ3) is 4.40. The van der Waals surface area contributed by atoms with Crippen molar-refractivity contribution in [2.45, 2.75) is 45.7 Å². The average molecular weight is 227 g/mol. The first kappa shape index (κ1) is 13.9. The van der Waals surface area contributed by atoms with Crippen LogP contribution in [0.15, 0.2) is 0 Å². The molecule has 3 nitrogen and oxygen atoms in total. The van der Waals surface area contributed by atoms with Crippen molar-refractivity contribution in [2.24, 2.45) is 0 Å². The molecular weight excluding hydrogens is 198 g/mol. The lowest BCUT2D eigenvalue weighted by atomic mass is 10.0. The monoisotopic (exact) mass is 227 g/mol. The Balaban J connectivity index is 2.51. The quantitative estimate of drug-likeness (QED) is 0.783. The lowest BCUT2D eigenvalue weighted by Crippen LogP contribution is -2.52. The Bertz CT molecular complexity index is 203. The van der Waals surface area contributed by atoms with Crippen molar-refractivity contribution in [3.05, 3.63) is 0 Å². The molecular formula is C13H29N3. The SMILES string of the molecule is CCNC(C)(C)CN1CCCN(C)CC1C. The van der Waals surface area contributed by atoms with Gasteiger partial charge in [-0.1, -0.05) is 6.92 Å². The van der Waals surface area contributed by atoms with Crippen molar-refractivity contribution >= 4 is 0 Å². The zero-order valence-corrected chi connectivity index (χ0v) is 11.7. The van der Waals surface area contributed by atoms with Gasteiger partial charge in [0.25, 0.3) is 0 Å². The minimum atomic E-state index is 0.228. The van der Waals surface area contributed by atoms with E-state index in [9.17, 15) is 0 Å². The van der Waals surface area contributed by atoms with Crippen LogP contribution in [0.3, 0.4) is 0 Å². The molecule has 1 fully saturated rings. The highest BCUT2D eigenvalue weighted by molar-refractivity contribution is 4.85. The smallest absolute Gasteiger partial charge is 0.0252 e. The summed E-state index contributed by atoms with van der Waals surface area (Å²) in [5.41, 5.74) is 0.228. The standard InChI is InChI=1S/C13H29N3/c1-6-14-13(3,4)11-16-9-7-8-15(5)10-12(16)2/h12,14H,6-11H2,1-5H3. The van der Waals surface area contributed by atoms with Crippen molar-refractivity contribution in [1.29, 1.82) is 0 Å². The van der Waals surface area contributed by atoms with Crippen molar-refractivity contribution in [3.63, 3.8) is 0 Å². The molecule has 0 aromatic carbocycles. The summed E-state index contributed by atoms with van der Waals surface area (Å²) >= 11 is 0. The molecule has 0 spiro atoms. The molecule has 16 heavy (non-hydrogen) atoms. The normalized spacial score (nSPS) is 25.7. The topological polar surface area (TPSA) is 18.5 Å². The van der Waals surface area contributed by atoms with Crippen molar-refractivity contribution in [1.82, 2.24) is 15.1 Å². The molecule has 1 N–H and O–H groups in total. The van der Waals surface area contributed by atoms with Crippen LogP contribution in [0.25, 0.3) is 0 Å². The highest BCUT2D eigenvalue weighted by atomic mass is 15.2. The van der Waals surface area contributed by atoms with Gasteiger partial charge in [0.15, 0.2) is 0 Å². The van der Waals surface area contributed by atoms with Gasteiger partial charge in [-0.05, 0) is 53.9 Å². The van der Waals surface area contributed by atoms with E-state index in [0.29, 0.717) is 6.04 Å². The molecule has 1 unspecified atom stereocenters. The second-order valence-electron chi connectivity index (χ2n) is 5.85. The maximum Gasteiger partial charge on any atom is 0.0252 e. The van der Waals surface area contributed by atoms with Gasteiger partial charge in [0.2, 0.25) is 0 Å². The maximum absolute atomic E-state index is 3.57. The van der Waals surface area contributed by atoms with E-state index in [1.54, 1.807) is 0 Å². The van der Waals surface area contributed by atoms with Gasteiger partial charge < -0.3 is 10.2 Å². The van der Waals surface area contributed by atoms with Crippen LogP contribution in [0.1, 0.15) is 34.1 Å². The maximum atomic E-state index is 3.57. The first-order valence-electron chi connectivity index (χ1n) is 6.62. The highest BCUT2D eigenvalue weighted by Crippen LogP contribution is 2.13. The van der Waals surface area contributed by atoms with E-state index in [-0.39, 0.29) is 5.54 Å². The number of nitrogens with one attached hydrogen (secondary N) is 1. The average Bonchev–Trinajstić information content (AvgIpc) is 2.28. The Morgan fingerprint density at radius 3 is 2.62 bits per heavy atom. The number of hydrogen-bond donors (Lipinski definition) is 1. The minimum absolute atomic E-state index is 0.228. The minimum Gasteiger partial charge on any atom is -0.311 e. The third-order valence-electron chi connectivity index (χ3n) is 3.44. The second kappa shape index (κ2) is 5.99.